The second kappa shape index (κ2) is 24.7. The molecule has 6 N–H and O–H groups in total. The summed E-state index contributed by atoms with van der Waals surface area (Å²) in [7, 11) is 0. The Kier molecular flexibility index (Phi) is 20.8. The molecule has 1 saturated heterocycles. The van der Waals surface area contributed by atoms with Crippen molar-refractivity contribution < 1.29 is 62.4 Å². The first-order valence-electron chi connectivity index (χ1n) is 17.8. The molecule has 2 rings (SSSR count). The van der Waals surface area contributed by atoms with E-state index in [0.717, 1.165) is 4.90 Å². The zero-order valence-corrected chi connectivity index (χ0v) is 30.5. The number of amides is 7. The topological polar surface area (TPSA) is 262 Å². The molecular formula is C34H54N6O13. The van der Waals surface area contributed by atoms with Crippen LogP contribution in [0.3, 0.4) is 0 Å². The fourth-order valence-corrected chi connectivity index (χ4v) is 5.66. The number of primary amides is 1. The number of Topliss-reactive ketones (excluding diaryl/α,β-unsaturated/α-hetero) is 1. The molecule has 7 amide bonds. The van der Waals surface area contributed by atoms with Crippen molar-refractivity contribution in [3.05, 3.63) is 12.2 Å². The minimum absolute atomic E-state index is 0.0156. The summed E-state index contributed by atoms with van der Waals surface area (Å²) in [6.45, 7) is 5.60. The van der Waals surface area contributed by atoms with Crippen molar-refractivity contribution in [3.8, 4) is 0 Å². The molecule has 0 aliphatic carbocycles. The maximum Gasteiger partial charge on any atom is 0.322 e. The van der Waals surface area contributed by atoms with Gasteiger partial charge < -0.3 is 50.6 Å². The molecule has 0 bridgehead atoms. The Bertz CT molecular complexity index is 1280. The lowest BCUT2D eigenvalue weighted by molar-refractivity contribution is -0.144. The zero-order valence-electron chi connectivity index (χ0n) is 30.5. The molecule has 3 atom stereocenters. The summed E-state index contributed by atoms with van der Waals surface area (Å²) >= 11 is 0. The van der Waals surface area contributed by atoms with Crippen LogP contribution in [0.4, 0.5) is 4.79 Å². The highest BCUT2D eigenvalue weighted by atomic mass is 16.6. The third-order valence-electron chi connectivity index (χ3n) is 8.36. The minimum atomic E-state index is -1.22. The van der Waals surface area contributed by atoms with Crippen molar-refractivity contribution >= 4 is 47.3 Å². The Morgan fingerprint density at radius 1 is 0.887 bits per heavy atom. The van der Waals surface area contributed by atoms with Gasteiger partial charge in [0.1, 0.15) is 12.6 Å². The average Bonchev–Trinajstić information content (AvgIpc) is 3.73. The Labute approximate surface area is 308 Å². The summed E-state index contributed by atoms with van der Waals surface area (Å²) in [4.78, 5) is 100. The van der Waals surface area contributed by atoms with E-state index in [1.54, 1.807) is 13.8 Å². The number of hydrogen-bond donors (Lipinski definition) is 5. The summed E-state index contributed by atoms with van der Waals surface area (Å²) in [5.74, 6) is -4.87. The van der Waals surface area contributed by atoms with Gasteiger partial charge in [0.2, 0.25) is 17.7 Å². The van der Waals surface area contributed by atoms with Gasteiger partial charge in [-0.3, -0.25) is 38.5 Å². The first-order chi connectivity index (χ1) is 25.3. The fraction of sp³-hybridized carbons (Fsp3) is 0.706. The van der Waals surface area contributed by atoms with E-state index in [1.165, 1.54) is 17.1 Å². The van der Waals surface area contributed by atoms with E-state index in [9.17, 15) is 38.4 Å². The van der Waals surface area contributed by atoms with E-state index >= 15 is 0 Å². The van der Waals surface area contributed by atoms with Crippen molar-refractivity contribution in [2.24, 2.45) is 17.6 Å². The second-order valence-electron chi connectivity index (χ2n) is 12.8. The zero-order chi connectivity index (χ0) is 39.2. The number of aliphatic carboxylic acids is 1. The van der Waals surface area contributed by atoms with Crippen LogP contribution in [0.2, 0.25) is 0 Å². The van der Waals surface area contributed by atoms with Crippen LogP contribution in [0.25, 0.3) is 0 Å². The monoisotopic (exact) mass is 754 g/mol. The molecule has 2 aliphatic rings. The van der Waals surface area contributed by atoms with Crippen molar-refractivity contribution in [3.63, 3.8) is 0 Å². The van der Waals surface area contributed by atoms with Crippen molar-refractivity contribution in [1.29, 1.82) is 0 Å². The Morgan fingerprint density at radius 3 is 2.04 bits per heavy atom. The molecule has 0 unspecified atom stereocenters. The van der Waals surface area contributed by atoms with Crippen LogP contribution < -0.4 is 21.7 Å². The normalized spacial score (nSPS) is 16.5. The third-order valence-corrected chi connectivity index (χ3v) is 8.36. The number of carbonyl (C=O) groups is 8. The molecule has 19 heteroatoms. The molecule has 2 heterocycles. The molecule has 19 nitrogen and oxygen atoms in total. The molecule has 0 saturated carbocycles. The summed E-state index contributed by atoms with van der Waals surface area (Å²) in [6.07, 6.45) is 3.60. The van der Waals surface area contributed by atoms with E-state index < -0.39 is 54.3 Å². The predicted molar refractivity (Wildman–Crippen MR) is 186 cm³/mol. The van der Waals surface area contributed by atoms with Crippen molar-refractivity contribution in [2.75, 3.05) is 79.0 Å². The van der Waals surface area contributed by atoms with Crippen LogP contribution in [0, 0.1) is 11.8 Å². The molecule has 1 fully saturated rings. The summed E-state index contributed by atoms with van der Waals surface area (Å²) < 4.78 is 21.7. The summed E-state index contributed by atoms with van der Waals surface area (Å²) in [5.41, 5.74) is 5.14. The predicted octanol–water partition coefficient (Wildman–Crippen LogP) is -1.28. The van der Waals surface area contributed by atoms with Crippen molar-refractivity contribution in [1.82, 2.24) is 25.8 Å². The third kappa shape index (κ3) is 17.3. The number of nitrogens with zero attached hydrogens (tertiary/aromatic N) is 2. The molecule has 53 heavy (non-hydrogen) atoms. The number of rotatable bonds is 28. The van der Waals surface area contributed by atoms with Crippen LogP contribution in [-0.4, -0.2) is 153 Å². The van der Waals surface area contributed by atoms with Gasteiger partial charge in [-0.05, 0) is 31.6 Å². The minimum Gasteiger partial charge on any atom is -0.480 e. The van der Waals surface area contributed by atoms with E-state index in [1.807, 2.05) is 0 Å². The van der Waals surface area contributed by atoms with E-state index in [0.29, 0.717) is 45.7 Å². The quantitative estimate of drug-likeness (QED) is 0.0461. The lowest BCUT2D eigenvalue weighted by Gasteiger charge is -2.29. The van der Waals surface area contributed by atoms with Gasteiger partial charge in [-0.15, -0.1) is 0 Å². The van der Waals surface area contributed by atoms with Gasteiger partial charge in [0.15, 0.2) is 5.78 Å². The van der Waals surface area contributed by atoms with Crippen LogP contribution in [-0.2, 0) is 52.5 Å². The Balaban J connectivity index is 1.71. The lowest BCUT2D eigenvalue weighted by Crippen LogP contribution is -2.50. The van der Waals surface area contributed by atoms with Gasteiger partial charge in [0, 0.05) is 44.0 Å². The maximum absolute atomic E-state index is 13.7. The van der Waals surface area contributed by atoms with E-state index in [4.69, 9.17) is 29.8 Å². The molecule has 0 spiro atoms. The lowest BCUT2D eigenvalue weighted by atomic mass is 9.89. The first kappa shape index (κ1) is 44.7. The van der Waals surface area contributed by atoms with Crippen LogP contribution in [0.15, 0.2) is 12.2 Å². The molecule has 2 aliphatic heterocycles. The maximum atomic E-state index is 13.7. The molecule has 0 aromatic heterocycles. The summed E-state index contributed by atoms with van der Waals surface area (Å²) in [6, 6.07) is -2.49. The highest BCUT2D eigenvalue weighted by Gasteiger charge is 2.38. The van der Waals surface area contributed by atoms with Crippen LogP contribution in [0.1, 0.15) is 52.4 Å². The number of likely N-dealkylation sites (tertiary alicyclic amines) is 1. The number of carboxylic acid groups (broad SMARTS) is 1. The van der Waals surface area contributed by atoms with Crippen molar-refractivity contribution in [2.45, 2.75) is 64.5 Å². The number of nitrogens with one attached hydrogen (secondary N) is 3. The number of nitrogens with two attached hydrogens (primary N) is 1. The largest absolute Gasteiger partial charge is 0.480 e. The molecule has 0 radical (unpaired) electrons. The number of carboxylic acids is 1. The Hall–Kier alpha value is -4.46. The van der Waals surface area contributed by atoms with Crippen LogP contribution in [0.5, 0.6) is 0 Å². The molecular weight excluding hydrogens is 700 g/mol. The smallest absolute Gasteiger partial charge is 0.322 e. The van der Waals surface area contributed by atoms with Gasteiger partial charge in [-0.2, -0.15) is 0 Å². The van der Waals surface area contributed by atoms with E-state index in [-0.39, 0.29) is 88.8 Å². The number of urea groups is 1. The van der Waals surface area contributed by atoms with Gasteiger partial charge in [-0.25, -0.2) is 4.79 Å². The number of imide groups is 1. The highest BCUT2D eigenvalue weighted by Crippen LogP contribution is 2.25. The molecule has 298 valence electrons. The first-order valence-corrected chi connectivity index (χ1v) is 17.8. The van der Waals surface area contributed by atoms with Gasteiger partial charge >= 0.3 is 12.0 Å². The summed E-state index contributed by atoms with van der Waals surface area (Å²) in [5, 5.41) is 16.4. The van der Waals surface area contributed by atoms with Gasteiger partial charge in [0.05, 0.1) is 65.4 Å². The SMILES string of the molecule is CC(C)[C@H](NC(=O)CCOCCOCCOCCOCCN1C(=O)C=CC1=O)C(=O)C[C@@H](CCCNC(N)=O)C(=O)N1CCC[C@H]1C(=O)NCC(=O)O. The van der Waals surface area contributed by atoms with E-state index in [2.05, 4.69) is 16.0 Å². The van der Waals surface area contributed by atoms with Gasteiger partial charge in [0.25, 0.3) is 11.8 Å². The van der Waals surface area contributed by atoms with Crippen LogP contribution >= 0.6 is 0 Å². The highest BCUT2D eigenvalue weighted by molar-refractivity contribution is 6.12. The number of ketones is 1. The number of carbonyl (C=O) groups excluding carboxylic acids is 7. The van der Waals surface area contributed by atoms with Gasteiger partial charge in [-0.1, -0.05) is 13.8 Å². The average molecular weight is 755 g/mol. The molecule has 0 aromatic carbocycles. The second-order valence-corrected chi connectivity index (χ2v) is 12.8. The number of hydrogen-bond acceptors (Lipinski definition) is 12. The fourth-order valence-electron chi connectivity index (χ4n) is 5.66. The Morgan fingerprint density at radius 2 is 1.47 bits per heavy atom. The molecule has 0 aromatic rings. The standard InChI is InChI=1S/C34H54N6O13/c1-23(2)31(38-27(42)9-13-50-15-17-52-19-20-53-18-16-51-14-12-40-28(43)7-8-29(40)44)26(41)21-24(5-3-10-36-34(35)49)33(48)39-11-4-6-25(39)32(47)37-22-30(45)46/h7-8,23-25,31H,3-6,9-22H2,1-2H3,(H,37,47)(H,38,42)(H,45,46)(H3,35,36,49)/t24-,25+,31+/m1/s1. The number of ether oxygens (including phenoxy) is 4.